The molecule has 2 rings (SSSR count). The smallest absolute Gasteiger partial charge is 0.129 e. The molecule has 1 aliphatic heterocycles. The molecule has 0 bridgehead atoms. The summed E-state index contributed by atoms with van der Waals surface area (Å²) in [6, 6.07) is 4.26. The first kappa shape index (κ1) is 13.5. The highest BCUT2D eigenvalue weighted by Crippen LogP contribution is 2.17. The number of aryl methyl sites for hydroxylation is 1. The molecule has 18 heavy (non-hydrogen) atoms. The molecule has 1 saturated heterocycles. The first-order chi connectivity index (χ1) is 8.69. The standard InChI is InChI=1S/C13H21N3OS/c1-3-14-10-12-8-11(2)15-13(9-12)16-4-6-18(17)7-5-16/h8-9,14H,3-7,10H2,1-2H3. The quantitative estimate of drug-likeness (QED) is 0.886. The summed E-state index contributed by atoms with van der Waals surface area (Å²) in [5.74, 6) is 2.55. The van der Waals surface area contributed by atoms with Gasteiger partial charge in [0.2, 0.25) is 0 Å². The number of aromatic nitrogens is 1. The van der Waals surface area contributed by atoms with Gasteiger partial charge in [0.05, 0.1) is 0 Å². The molecule has 0 radical (unpaired) electrons. The maximum Gasteiger partial charge on any atom is 0.129 e. The molecule has 0 aliphatic carbocycles. The summed E-state index contributed by atoms with van der Waals surface area (Å²) in [4.78, 5) is 6.83. The van der Waals surface area contributed by atoms with Crippen LogP contribution >= 0.6 is 0 Å². The lowest BCUT2D eigenvalue weighted by molar-refractivity contribution is 0.672. The van der Waals surface area contributed by atoms with E-state index in [0.717, 1.165) is 49.2 Å². The van der Waals surface area contributed by atoms with Gasteiger partial charge in [0.1, 0.15) is 5.82 Å². The second-order valence-corrected chi connectivity index (χ2v) is 6.29. The Balaban J connectivity index is 2.11. The Bertz CT molecular complexity index is 426. The van der Waals surface area contributed by atoms with Crippen molar-refractivity contribution in [3.8, 4) is 0 Å². The van der Waals surface area contributed by atoms with Crippen molar-refractivity contribution in [1.29, 1.82) is 0 Å². The highest BCUT2D eigenvalue weighted by molar-refractivity contribution is 7.85. The Morgan fingerprint density at radius 2 is 2.11 bits per heavy atom. The third-order valence-electron chi connectivity index (χ3n) is 3.08. The highest BCUT2D eigenvalue weighted by atomic mass is 32.2. The minimum atomic E-state index is -0.632. The fourth-order valence-corrected chi connectivity index (χ4v) is 3.17. The van der Waals surface area contributed by atoms with Crippen LogP contribution in [0.15, 0.2) is 12.1 Å². The Hall–Kier alpha value is -0.940. The van der Waals surface area contributed by atoms with Gasteiger partial charge in [-0.05, 0) is 31.2 Å². The maximum atomic E-state index is 11.4. The van der Waals surface area contributed by atoms with Crippen LogP contribution in [0.25, 0.3) is 0 Å². The normalized spacial score (nSPS) is 17.1. The minimum Gasteiger partial charge on any atom is -0.355 e. The zero-order valence-electron chi connectivity index (χ0n) is 11.1. The average Bonchev–Trinajstić information content (AvgIpc) is 2.36. The summed E-state index contributed by atoms with van der Waals surface area (Å²) in [5.41, 5.74) is 2.32. The number of anilines is 1. The molecule has 0 unspecified atom stereocenters. The van der Waals surface area contributed by atoms with Crippen LogP contribution in [0.3, 0.4) is 0 Å². The molecule has 0 aromatic carbocycles. The lowest BCUT2D eigenvalue weighted by Crippen LogP contribution is -2.38. The summed E-state index contributed by atoms with van der Waals surface area (Å²) < 4.78 is 11.4. The molecule has 4 nitrogen and oxygen atoms in total. The van der Waals surface area contributed by atoms with Crippen molar-refractivity contribution in [1.82, 2.24) is 10.3 Å². The third-order valence-corrected chi connectivity index (χ3v) is 4.36. The number of hydrogen-bond acceptors (Lipinski definition) is 4. The van der Waals surface area contributed by atoms with E-state index >= 15 is 0 Å². The molecule has 1 aliphatic rings. The molecule has 5 heteroatoms. The van der Waals surface area contributed by atoms with Gasteiger partial charge in [0.15, 0.2) is 0 Å². The van der Waals surface area contributed by atoms with E-state index in [1.165, 1.54) is 5.56 Å². The van der Waals surface area contributed by atoms with E-state index < -0.39 is 10.8 Å². The van der Waals surface area contributed by atoms with Crippen LogP contribution in [0.2, 0.25) is 0 Å². The van der Waals surface area contributed by atoms with Gasteiger partial charge in [-0.3, -0.25) is 4.21 Å². The molecule has 1 fully saturated rings. The SMILES string of the molecule is CCNCc1cc(C)nc(N2CCS(=O)CC2)c1. The van der Waals surface area contributed by atoms with Crippen LogP contribution in [0.4, 0.5) is 5.82 Å². The summed E-state index contributed by atoms with van der Waals surface area (Å²) in [5, 5.41) is 3.33. The Labute approximate surface area is 111 Å². The Kier molecular flexibility index (Phi) is 4.72. The van der Waals surface area contributed by atoms with E-state index in [0.29, 0.717) is 0 Å². The Morgan fingerprint density at radius 3 is 2.78 bits per heavy atom. The Morgan fingerprint density at radius 1 is 1.39 bits per heavy atom. The molecule has 1 aromatic heterocycles. The summed E-state index contributed by atoms with van der Waals surface area (Å²) in [6.45, 7) is 7.69. The monoisotopic (exact) mass is 267 g/mol. The molecule has 2 heterocycles. The van der Waals surface area contributed by atoms with E-state index in [4.69, 9.17) is 0 Å². The van der Waals surface area contributed by atoms with Crippen LogP contribution < -0.4 is 10.2 Å². The number of pyridine rings is 1. The summed E-state index contributed by atoms with van der Waals surface area (Å²) >= 11 is 0. The van der Waals surface area contributed by atoms with E-state index in [9.17, 15) is 4.21 Å². The van der Waals surface area contributed by atoms with Gasteiger partial charge in [-0.25, -0.2) is 4.98 Å². The van der Waals surface area contributed by atoms with Crippen LogP contribution in [-0.2, 0) is 17.3 Å². The molecule has 0 spiro atoms. The van der Waals surface area contributed by atoms with Crippen molar-refractivity contribution in [3.63, 3.8) is 0 Å². The third kappa shape index (κ3) is 3.53. The van der Waals surface area contributed by atoms with Crippen LogP contribution in [0, 0.1) is 6.92 Å². The van der Waals surface area contributed by atoms with Crippen molar-refractivity contribution in [2.45, 2.75) is 20.4 Å². The fourth-order valence-electron chi connectivity index (χ4n) is 2.12. The topological polar surface area (TPSA) is 45.2 Å². The fraction of sp³-hybridized carbons (Fsp3) is 0.615. The minimum absolute atomic E-state index is 0.632. The lowest BCUT2D eigenvalue weighted by Gasteiger charge is -2.28. The molecule has 0 amide bonds. The average molecular weight is 267 g/mol. The van der Waals surface area contributed by atoms with Gasteiger partial charge < -0.3 is 10.2 Å². The molecular formula is C13H21N3OS. The van der Waals surface area contributed by atoms with Gasteiger partial charge in [-0.15, -0.1) is 0 Å². The van der Waals surface area contributed by atoms with E-state index in [1.54, 1.807) is 0 Å². The van der Waals surface area contributed by atoms with E-state index in [-0.39, 0.29) is 0 Å². The zero-order chi connectivity index (χ0) is 13.0. The molecule has 1 aromatic rings. The van der Waals surface area contributed by atoms with Crippen molar-refractivity contribution >= 4 is 16.6 Å². The summed E-state index contributed by atoms with van der Waals surface area (Å²) in [7, 11) is -0.632. The van der Waals surface area contributed by atoms with Gasteiger partial charge >= 0.3 is 0 Å². The highest BCUT2D eigenvalue weighted by Gasteiger charge is 2.17. The van der Waals surface area contributed by atoms with Gasteiger partial charge in [0.25, 0.3) is 0 Å². The van der Waals surface area contributed by atoms with Crippen molar-refractivity contribution in [3.05, 3.63) is 23.4 Å². The van der Waals surface area contributed by atoms with Crippen LogP contribution in [0.5, 0.6) is 0 Å². The molecule has 0 atom stereocenters. The molecule has 1 N–H and O–H groups in total. The maximum absolute atomic E-state index is 11.4. The number of hydrogen-bond donors (Lipinski definition) is 1. The second kappa shape index (κ2) is 6.29. The van der Waals surface area contributed by atoms with Crippen molar-refractivity contribution in [2.24, 2.45) is 0 Å². The number of nitrogens with zero attached hydrogens (tertiary/aromatic N) is 2. The van der Waals surface area contributed by atoms with Crippen LogP contribution in [0.1, 0.15) is 18.2 Å². The predicted molar refractivity (Wildman–Crippen MR) is 76.4 cm³/mol. The largest absolute Gasteiger partial charge is 0.355 e. The van der Waals surface area contributed by atoms with Gasteiger partial charge in [-0.1, -0.05) is 6.92 Å². The summed E-state index contributed by atoms with van der Waals surface area (Å²) in [6.07, 6.45) is 0. The predicted octanol–water partition coefficient (Wildman–Crippen LogP) is 1.07. The van der Waals surface area contributed by atoms with E-state index in [2.05, 4.69) is 34.3 Å². The lowest BCUT2D eigenvalue weighted by atomic mass is 10.2. The van der Waals surface area contributed by atoms with Crippen molar-refractivity contribution < 1.29 is 4.21 Å². The number of nitrogens with one attached hydrogen (secondary N) is 1. The van der Waals surface area contributed by atoms with Crippen molar-refractivity contribution in [2.75, 3.05) is 36.0 Å². The second-order valence-electron chi connectivity index (χ2n) is 4.59. The first-order valence-corrected chi connectivity index (χ1v) is 7.96. The molecule has 0 saturated carbocycles. The van der Waals surface area contributed by atoms with Crippen LogP contribution in [-0.4, -0.2) is 40.3 Å². The molecular weight excluding hydrogens is 246 g/mol. The first-order valence-electron chi connectivity index (χ1n) is 6.47. The van der Waals surface area contributed by atoms with Gasteiger partial charge in [0, 0.05) is 47.6 Å². The van der Waals surface area contributed by atoms with E-state index in [1.807, 2.05) is 6.92 Å². The van der Waals surface area contributed by atoms with Gasteiger partial charge in [-0.2, -0.15) is 0 Å². The number of rotatable bonds is 4. The molecule has 100 valence electrons. The zero-order valence-corrected chi connectivity index (χ0v) is 11.9.